The van der Waals surface area contributed by atoms with Crippen molar-refractivity contribution in [2.24, 2.45) is 0 Å². The molecule has 16 heavy (non-hydrogen) atoms. The molecule has 2 rings (SSSR count). The Morgan fingerprint density at radius 1 is 1.69 bits per heavy atom. The Morgan fingerprint density at radius 3 is 3.12 bits per heavy atom. The van der Waals surface area contributed by atoms with Crippen LogP contribution in [0.4, 0.5) is 4.79 Å². The van der Waals surface area contributed by atoms with E-state index in [-0.39, 0.29) is 12.1 Å². The van der Waals surface area contributed by atoms with Crippen molar-refractivity contribution in [1.29, 1.82) is 0 Å². The summed E-state index contributed by atoms with van der Waals surface area (Å²) in [5, 5.41) is 6.04. The number of nitrogens with one attached hydrogen (secondary N) is 2. The van der Waals surface area contributed by atoms with Crippen molar-refractivity contribution in [3.8, 4) is 0 Å². The number of amides is 2. The van der Waals surface area contributed by atoms with Gasteiger partial charge in [-0.2, -0.15) is 0 Å². The highest BCUT2D eigenvalue weighted by atomic mass is 79.9. The van der Waals surface area contributed by atoms with Crippen LogP contribution in [-0.4, -0.2) is 37.6 Å². The van der Waals surface area contributed by atoms with Gasteiger partial charge in [-0.15, -0.1) is 11.3 Å². The summed E-state index contributed by atoms with van der Waals surface area (Å²) in [5.41, 5.74) is 0. The molecule has 1 aliphatic heterocycles. The van der Waals surface area contributed by atoms with E-state index >= 15 is 0 Å². The molecule has 4 nitrogen and oxygen atoms in total. The minimum absolute atomic E-state index is 0.0322. The molecule has 1 aromatic rings. The molecule has 0 radical (unpaired) electrons. The van der Waals surface area contributed by atoms with Crippen molar-refractivity contribution >= 4 is 33.3 Å². The second kappa shape index (κ2) is 5.16. The SMILES string of the molecule is CNCCN1CC(c2ccc(Br)s2)NC1=O. The first-order valence-corrected chi connectivity index (χ1v) is 6.77. The first-order chi connectivity index (χ1) is 7.70. The number of thiophene rings is 1. The van der Waals surface area contributed by atoms with Crippen LogP contribution in [0.3, 0.4) is 0 Å². The summed E-state index contributed by atoms with van der Waals surface area (Å²) in [7, 11) is 1.89. The summed E-state index contributed by atoms with van der Waals surface area (Å²) in [6.45, 7) is 2.34. The van der Waals surface area contributed by atoms with Gasteiger partial charge in [-0.1, -0.05) is 0 Å². The van der Waals surface area contributed by atoms with Crippen molar-refractivity contribution in [2.75, 3.05) is 26.7 Å². The molecule has 6 heteroatoms. The fourth-order valence-electron chi connectivity index (χ4n) is 1.71. The number of hydrogen-bond acceptors (Lipinski definition) is 3. The molecule has 0 saturated carbocycles. The number of halogens is 1. The summed E-state index contributed by atoms with van der Waals surface area (Å²) >= 11 is 5.11. The molecule has 2 amide bonds. The molecule has 0 aliphatic carbocycles. The number of nitrogens with zero attached hydrogens (tertiary/aromatic N) is 1. The summed E-state index contributed by atoms with van der Waals surface area (Å²) in [4.78, 5) is 14.7. The Hall–Kier alpha value is -0.590. The number of urea groups is 1. The monoisotopic (exact) mass is 303 g/mol. The van der Waals surface area contributed by atoms with Crippen molar-refractivity contribution in [3.63, 3.8) is 0 Å². The molecule has 1 fully saturated rings. The van der Waals surface area contributed by atoms with Crippen LogP contribution in [0.1, 0.15) is 10.9 Å². The Morgan fingerprint density at radius 2 is 2.50 bits per heavy atom. The molecule has 1 aliphatic rings. The molecule has 1 unspecified atom stereocenters. The number of likely N-dealkylation sites (N-methyl/N-ethyl adjacent to an activating group) is 1. The standard InChI is InChI=1S/C10H14BrN3OS/c1-12-4-5-14-6-7(13-10(14)15)8-2-3-9(11)16-8/h2-3,7,12H,4-6H2,1H3,(H,13,15). The zero-order valence-corrected chi connectivity index (χ0v) is 11.4. The van der Waals surface area contributed by atoms with E-state index in [2.05, 4.69) is 32.6 Å². The summed E-state index contributed by atoms with van der Waals surface area (Å²) in [6.07, 6.45) is 0. The number of carbonyl (C=O) groups is 1. The second-order valence-electron chi connectivity index (χ2n) is 3.69. The van der Waals surface area contributed by atoms with Gasteiger partial charge in [-0.05, 0) is 35.1 Å². The highest BCUT2D eigenvalue weighted by Gasteiger charge is 2.29. The van der Waals surface area contributed by atoms with Crippen LogP contribution in [0.5, 0.6) is 0 Å². The van der Waals surface area contributed by atoms with Gasteiger partial charge in [-0.25, -0.2) is 4.79 Å². The van der Waals surface area contributed by atoms with Gasteiger partial charge in [0.1, 0.15) is 0 Å². The lowest BCUT2D eigenvalue weighted by atomic mass is 10.2. The van der Waals surface area contributed by atoms with E-state index in [1.165, 1.54) is 4.88 Å². The van der Waals surface area contributed by atoms with Gasteiger partial charge in [0.15, 0.2) is 0 Å². The molecule has 0 spiro atoms. The molecule has 1 saturated heterocycles. The molecule has 1 aromatic heterocycles. The molecule has 0 aromatic carbocycles. The van der Waals surface area contributed by atoms with Crippen LogP contribution >= 0.6 is 27.3 Å². The lowest BCUT2D eigenvalue weighted by Gasteiger charge is -2.13. The molecular formula is C10H14BrN3OS. The Balaban J connectivity index is 1.98. The fraction of sp³-hybridized carbons (Fsp3) is 0.500. The van der Waals surface area contributed by atoms with Crippen molar-refractivity contribution < 1.29 is 4.79 Å². The average Bonchev–Trinajstić information content (AvgIpc) is 2.82. The van der Waals surface area contributed by atoms with Crippen LogP contribution in [0.2, 0.25) is 0 Å². The van der Waals surface area contributed by atoms with Gasteiger partial charge in [0, 0.05) is 24.5 Å². The lowest BCUT2D eigenvalue weighted by Crippen LogP contribution is -2.33. The third kappa shape index (κ3) is 2.56. The van der Waals surface area contributed by atoms with E-state index in [0.29, 0.717) is 0 Å². The second-order valence-corrected chi connectivity index (χ2v) is 6.19. The Bertz CT molecular complexity index is 382. The van der Waals surface area contributed by atoms with Gasteiger partial charge in [-0.3, -0.25) is 0 Å². The average molecular weight is 304 g/mol. The molecule has 2 heterocycles. The minimum Gasteiger partial charge on any atom is -0.329 e. The predicted octanol–water partition coefficient (Wildman–Crippen LogP) is 1.80. The lowest BCUT2D eigenvalue weighted by molar-refractivity contribution is 0.218. The molecule has 0 bridgehead atoms. The van der Waals surface area contributed by atoms with Crippen LogP contribution < -0.4 is 10.6 Å². The van der Waals surface area contributed by atoms with E-state index in [0.717, 1.165) is 23.4 Å². The smallest absolute Gasteiger partial charge is 0.318 e. The van der Waals surface area contributed by atoms with Crippen molar-refractivity contribution in [1.82, 2.24) is 15.5 Å². The van der Waals surface area contributed by atoms with E-state index in [1.807, 2.05) is 18.0 Å². The van der Waals surface area contributed by atoms with Crippen molar-refractivity contribution in [3.05, 3.63) is 20.8 Å². The number of hydrogen-bond donors (Lipinski definition) is 2. The molecule has 1 atom stereocenters. The highest BCUT2D eigenvalue weighted by molar-refractivity contribution is 9.11. The maximum atomic E-state index is 11.7. The van der Waals surface area contributed by atoms with E-state index in [1.54, 1.807) is 11.3 Å². The van der Waals surface area contributed by atoms with Gasteiger partial charge in [0.2, 0.25) is 0 Å². The summed E-state index contributed by atoms with van der Waals surface area (Å²) < 4.78 is 1.10. The Labute approximate surface area is 107 Å². The van der Waals surface area contributed by atoms with Gasteiger partial charge in [0.25, 0.3) is 0 Å². The first-order valence-electron chi connectivity index (χ1n) is 5.16. The van der Waals surface area contributed by atoms with E-state index in [9.17, 15) is 4.79 Å². The molecule has 2 N–H and O–H groups in total. The van der Waals surface area contributed by atoms with Gasteiger partial charge < -0.3 is 15.5 Å². The number of carbonyl (C=O) groups excluding carboxylic acids is 1. The zero-order chi connectivity index (χ0) is 11.5. The van der Waals surface area contributed by atoms with E-state index < -0.39 is 0 Å². The van der Waals surface area contributed by atoms with Crippen LogP contribution in [0.25, 0.3) is 0 Å². The quantitative estimate of drug-likeness (QED) is 0.891. The topological polar surface area (TPSA) is 44.4 Å². The molecular weight excluding hydrogens is 290 g/mol. The third-order valence-corrected chi connectivity index (χ3v) is 4.29. The maximum Gasteiger partial charge on any atom is 0.318 e. The first kappa shape index (κ1) is 11.9. The fourth-order valence-corrected chi connectivity index (χ4v) is 3.17. The predicted molar refractivity (Wildman–Crippen MR) is 68.8 cm³/mol. The molecule has 88 valence electrons. The minimum atomic E-state index is 0.0322. The van der Waals surface area contributed by atoms with E-state index in [4.69, 9.17) is 0 Å². The van der Waals surface area contributed by atoms with Crippen LogP contribution in [-0.2, 0) is 0 Å². The van der Waals surface area contributed by atoms with Crippen LogP contribution in [0, 0.1) is 0 Å². The van der Waals surface area contributed by atoms with Gasteiger partial charge >= 0.3 is 6.03 Å². The highest BCUT2D eigenvalue weighted by Crippen LogP contribution is 2.29. The summed E-state index contributed by atoms with van der Waals surface area (Å²) in [5.74, 6) is 0. The summed E-state index contributed by atoms with van der Waals surface area (Å²) in [6, 6.07) is 4.24. The Kier molecular flexibility index (Phi) is 3.83. The van der Waals surface area contributed by atoms with Gasteiger partial charge in [0.05, 0.1) is 9.83 Å². The third-order valence-electron chi connectivity index (χ3n) is 2.56. The van der Waals surface area contributed by atoms with Crippen molar-refractivity contribution in [2.45, 2.75) is 6.04 Å². The number of rotatable bonds is 4. The maximum absolute atomic E-state index is 11.7. The largest absolute Gasteiger partial charge is 0.329 e. The zero-order valence-electron chi connectivity index (χ0n) is 9.00. The van der Waals surface area contributed by atoms with Crippen LogP contribution in [0.15, 0.2) is 15.9 Å². The normalized spacial score (nSPS) is 20.2.